The number of hydrogen-bond donors (Lipinski definition) is 6. The third-order valence-electron chi connectivity index (χ3n) is 2.89. The molecule has 0 saturated carbocycles. The van der Waals surface area contributed by atoms with Gasteiger partial charge in [-0.1, -0.05) is 18.7 Å². The lowest BCUT2D eigenvalue weighted by molar-refractivity contribution is 0.0941. The molecule has 0 saturated heterocycles. The first-order chi connectivity index (χ1) is 10.4. The first kappa shape index (κ1) is 15.0. The topological polar surface area (TPSA) is 122 Å². The highest BCUT2D eigenvalue weighted by Crippen LogP contribution is 2.35. The number of hydrazine groups is 1. The van der Waals surface area contributed by atoms with Gasteiger partial charge < -0.3 is 20.4 Å². The summed E-state index contributed by atoms with van der Waals surface area (Å²) in [5.74, 6) is -2.63. The maximum absolute atomic E-state index is 11.9. The average Bonchev–Trinajstić information content (AvgIpc) is 2.49. The van der Waals surface area contributed by atoms with E-state index in [9.17, 15) is 25.2 Å². The fourth-order valence-corrected chi connectivity index (χ4v) is 1.74. The Balaban J connectivity index is 2.07. The zero-order valence-electron chi connectivity index (χ0n) is 11.4. The summed E-state index contributed by atoms with van der Waals surface area (Å²) in [6.45, 7) is 3.68. The molecule has 2 aromatic rings. The summed E-state index contributed by atoms with van der Waals surface area (Å²) in [7, 11) is 0. The molecule has 2 rings (SSSR count). The number of carbonyl (C=O) groups excluding carboxylic acids is 1. The third-order valence-corrected chi connectivity index (χ3v) is 2.89. The van der Waals surface area contributed by atoms with E-state index in [1.165, 1.54) is 6.07 Å². The monoisotopic (exact) mass is 302 g/mol. The summed E-state index contributed by atoms with van der Waals surface area (Å²) in [5, 5.41) is 37.6. The van der Waals surface area contributed by atoms with E-state index in [0.29, 0.717) is 5.56 Å². The van der Waals surface area contributed by atoms with Gasteiger partial charge in [-0.15, -0.1) is 0 Å². The minimum absolute atomic E-state index is 0.00540. The fourth-order valence-electron chi connectivity index (χ4n) is 1.74. The Bertz CT molecular complexity index is 719. The molecule has 1 amide bonds. The van der Waals surface area contributed by atoms with Crippen molar-refractivity contribution in [3.05, 3.63) is 54.1 Å². The SMILES string of the molecule is C=C(NNC(=O)c1cc(O)c(O)c(O)c1)c1ccccc1O. The molecule has 0 atom stereocenters. The molecule has 2 aromatic carbocycles. The summed E-state index contributed by atoms with van der Waals surface area (Å²) in [4.78, 5) is 11.9. The van der Waals surface area contributed by atoms with Crippen molar-refractivity contribution < 1.29 is 25.2 Å². The summed E-state index contributed by atoms with van der Waals surface area (Å²) in [6.07, 6.45) is 0. The van der Waals surface area contributed by atoms with Crippen LogP contribution in [-0.4, -0.2) is 26.3 Å². The summed E-state index contributed by atoms with van der Waals surface area (Å²) in [5.41, 5.74) is 5.38. The Labute approximate surface area is 125 Å². The Hall–Kier alpha value is -3.35. The summed E-state index contributed by atoms with van der Waals surface area (Å²) >= 11 is 0. The Kier molecular flexibility index (Phi) is 4.08. The second-order valence-corrected chi connectivity index (χ2v) is 4.44. The molecule has 0 aliphatic carbocycles. The summed E-state index contributed by atoms with van der Waals surface area (Å²) < 4.78 is 0. The van der Waals surface area contributed by atoms with Crippen molar-refractivity contribution >= 4 is 11.6 Å². The van der Waals surface area contributed by atoms with Crippen LogP contribution >= 0.6 is 0 Å². The van der Waals surface area contributed by atoms with Crippen LogP contribution in [0.15, 0.2) is 43.0 Å². The Morgan fingerprint density at radius 2 is 1.50 bits per heavy atom. The van der Waals surface area contributed by atoms with E-state index in [1.807, 2.05) is 0 Å². The predicted octanol–water partition coefficient (Wildman–Crippen LogP) is 1.41. The van der Waals surface area contributed by atoms with E-state index in [2.05, 4.69) is 17.4 Å². The van der Waals surface area contributed by atoms with E-state index < -0.39 is 23.2 Å². The molecule has 114 valence electrons. The van der Waals surface area contributed by atoms with E-state index in [4.69, 9.17) is 0 Å². The van der Waals surface area contributed by atoms with Crippen LogP contribution in [0.4, 0.5) is 0 Å². The molecule has 0 unspecified atom stereocenters. The predicted molar refractivity (Wildman–Crippen MR) is 79.2 cm³/mol. The van der Waals surface area contributed by atoms with Crippen molar-refractivity contribution in [1.29, 1.82) is 0 Å². The summed E-state index contributed by atoms with van der Waals surface area (Å²) in [6, 6.07) is 8.41. The van der Waals surface area contributed by atoms with Crippen LogP contribution in [0, 0.1) is 0 Å². The molecule has 22 heavy (non-hydrogen) atoms. The van der Waals surface area contributed by atoms with E-state index in [1.54, 1.807) is 18.2 Å². The van der Waals surface area contributed by atoms with Crippen molar-refractivity contribution in [2.45, 2.75) is 0 Å². The standard InChI is InChI=1S/C15H14N2O5/c1-8(10-4-2-3-5-11(10)18)16-17-15(22)9-6-12(19)14(21)13(20)7-9/h2-7,16,18-21H,1H2,(H,17,22). The number of rotatable bonds is 4. The molecule has 0 spiro atoms. The molecular formula is C15H14N2O5. The second kappa shape index (κ2) is 5.96. The first-order valence-electron chi connectivity index (χ1n) is 6.18. The van der Waals surface area contributed by atoms with Crippen molar-refractivity contribution in [2.75, 3.05) is 0 Å². The smallest absolute Gasteiger partial charge is 0.269 e. The number of phenolic OH excluding ortho intramolecular Hbond substituents is 4. The normalized spacial score (nSPS) is 10.0. The van der Waals surface area contributed by atoms with Crippen molar-refractivity contribution in [3.63, 3.8) is 0 Å². The Morgan fingerprint density at radius 1 is 0.909 bits per heavy atom. The largest absolute Gasteiger partial charge is 0.507 e. The maximum Gasteiger partial charge on any atom is 0.269 e. The molecule has 0 bridgehead atoms. The van der Waals surface area contributed by atoms with Gasteiger partial charge >= 0.3 is 0 Å². The molecule has 7 heteroatoms. The molecule has 0 fully saturated rings. The lowest BCUT2D eigenvalue weighted by Crippen LogP contribution is -2.35. The number of nitrogens with one attached hydrogen (secondary N) is 2. The van der Waals surface area contributed by atoms with Crippen molar-refractivity contribution in [1.82, 2.24) is 10.9 Å². The van der Waals surface area contributed by atoms with Gasteiger partial charge in [-0.3, -0.25) is 15.6 Å². The molecule has 0 heterocycles. The van der Waals surface area contributed by atoms with E-state index in [-0.39, 0.29) is 17.0 Å². The highest BCUT2D eigenvalue weighted by Gasteiger charge is 2.14. The minimum Gasteiger partial charge on any atom is -0.507 e. The number of amides is 1. The number of aromatic hydroxyl groups is 4. The van der Waals surface area contributed by atoms with E-state index in [0.717, 1.165) is 12.1 Å². The van der Waals surface area contributed by atoms with Crippen LogP contribution in [0.3, 0.4) is 0 Å². The molecular weight excluding hydrogens is 288 g/mol. The number of benzene rings is 2. The highest BCUT2D eigenvalue weighted by atomic mass is 16.3. The van der Waals surface area contributed by atoms with Crippen LogP contribution in [0.2, 0.25) is 0 Å². The van der Waals surface area contributed by atoms with Crippen LogP contribution in [0.1, 0.15) is 15.9 Å². The van der Waals surface area contributed by atoms with Gasteiger partial charge in [-0.05, 0) is 24.3 Å². The van der Waals surface area contributed by atoms with Crippen LogP contribution in [0.25, 0.3) is 5.70 Å². The lowest BCUT2D eigenvalue weighted by atomic mass is 10.1. The zero-order valence-corrected chi connectivity index (χ0v) is 11.4. The van der Waals surface area contributed by atoms with Gasteiger partial charge in [0.1, 0.15) is 5.75 Å². The van der Waals surface area contributed by atoms with Crippen LogP contribution in [-0.2, 0) is 0 Å². The van der Waals surface area contributed by atoms with Crippen LogP contribution in [0.5, 0.6) is 23.0 Å². The lowest BCUT2D eigenvalue weighted by Gasteiger charge is -2.12. The minimum atomic E-state index is -0.705. The number of hydrogen-bond acceptors (Lipinski definition) is 6. The number of para-hydroxylation sites is 1. The fraction of sp³-hybridized carbons (Fsp3) is 0. The number of carbonyl (C=O) groups is 1. The zero-order chi connectivity index (χ0) is 16.3. The van der Waals surface area contributed by atoms with Crippen molar-refractivity contribution in [3.8, 4) is 23.0 Å². The molecule has 0 aliphatic rings. The molecule has 0 radical (unpaired) electrons. The molecule has 0 aromatic heterocycles. The van der Waals surface area contributed by atoms with Gasteiger partial charge in [0.2, 0.25) is 0 Å². The van der Waals surface area contributed by atoms with Crippen LogP contribution < -0.4 is 10.9 Å². The molecule has 7 nitrogen and oxygen atoms in total. The van der Waals surface area contributed by atoms with Crippen molar-refractivity contribution in [2.24, 2.45) is 0 Å². The van der Waals surface area contributed by atoms with Gasteiger partial charge in [0.15, 0.2) is 17.2 Å². The first-order valence-corrected chi connectivity index (χ1v) is 6.18. The molecule has 0 aliphatic heterocycles. The van der Waals surface area contributed by atoms with Gasteiger partial charge in [0.05, 0.1) is 5.70 Å². The quantitative estimate of drug-likeness (QED) is 0.375. The third kappa shape index (κ3) is 3.04. The number of phenols is 4. The van der Waals surface area contributed by atoms with Gasteiger partial charge in [0.25, 0.3) is 5.91 Å². The van der Waals surface area contributed by atoms with Gasteiger partial charge in [0, 0.05) is 11.1 Å². The van der Waals surface area contributed by atoms with Gasteiger partial charge in [-0.25, -0.2) is 0 Å². The van der Waals surface area contributed by atoms with Gasteiger partial charge in [-0.2, -0.15) is 0 Å². The Morgan fingerprint density at radius 3 is 2.09 bits per heavy atom. The molecule has 6 N–H and O–H groups in total. The van der Waals surface area contributed by atoms with E-state index >= 15 is 0 Å². The maximum atomic E-state index is 11.9. The average molecular weight is 302 g/mol. The highest BCUT2D eigenvalue weighted by molar-refractivity contribution is 5.95. The second-order valence-electron chi connectivity index (χ2n) is 4.44.